The summed E-state index contributed by atoms with van der Waals surface area (Å²) in [6.07, 6.45) is 1.82. The lowest BCUT2D eigenvalue weighted by Gasteiger charge is -2.28. The Morgan fingerprint density at radius 3 is 2.21 bits per heavy atom. The van der Waals surface area contributed by atoms with Gasteiger partial charge in [-0.3, -0.25) is 24.1 Å². The van der Waals surface area contributed by atoms with Gasteiger partial charge < -0.3 is 14.4 Å². The number of carbonyl (C=O) groups is 4. The molecule has 8 nitrogen and oxygen atoms in total. The van der Waals surface area contributed by atoms with Gasteiger partial charge in [-0.05, 0) is 36.2 Å². The lowest BCUT2D eigenvalue weighted by molar-refractivity contribution is -0.149. The van der Waals surface area contributed by atoms with Crippen molar-refractivity contribution in [1.82, 2.24) is 9.80 Å². The summed E-state index contributed by atoms with van der Waals surface area (Å²) in [7, 11) is 1.58. The quantitative estimate of drug-likeness (QED) is 0.418. The molecular weight excluding hydrogens is 436 g/mol. The molecule has 178 valence electrons. The molecule has 34 heavy (non-hydrogen) atoms. The number of methoxy groups -OCH3 is 1. The van der Waals surface area contributed by atoms with Gasteiger partial charge in [0.25, 0.3) is 11.8 Å². The fourth-order valence-electron chi connectivity index (χ4n) is 4.59. The lowest BCUT2D eigenvalue weighted by atomic mass is 9.93. The van der Waals surface area contributed by atoms with Gasteiger partial charge in [0.05, 0.1) is 36.7 Å². The van der Waals surface area contributed by atoms with Crippen LogP contribution in [0.3, 0.4) is 0 Å². The Kier molecular flexibility index (Phi) is 6.95. The van der Waals surface area contributed by atoms with Crippen LogP contribution in [0.5, 0.6) is 5.75 Å². The number of hydrogen-bond acceptors (Lipinski definition) is 6. The second-order valence-corrected chi connectivity index (χ2v) is 8.44. The van der Waals surface area contributed by atoms with Gasteiger partial charge in [0, 0.05) is 13.0 Å². The Labute approximate surface area is 198 Å². The van der Waals surface area contributed by atoms with Crippen LogP contribution in [0.4, 0.5) is 0 Å². The van der Waals surface area contributed by atoms with E-state index in [0.29, 0.717) is 23.4 Å². The van der Waals surface area contributed by atoms with Gasteiger partial charge in [-0.15, -0.1) is 0 Å². The number of amides is 3. The molecule has 2 heterocycles. The van der Waals surface area contributed by atoms with Gasteiger partial charge in [0.1, 0.15) is 12.4 Å². The van der Waals surface area contributed by atoms with Crippen molar-refractivity contribution in [2.45, 2.75) is 32.2 Å². The number of hydrogen-bond donors (Lipinski definition) is 0. The summed E-state index contributed by atoms with van der Waals surface area (Å²) in [5.41, 5.74) is 1.54. The van der Waals surface area contributed by atoms with Gasteiger partial charge in [0.15, 0.2) is 0 Å². The smallest absolute Gasteiger partial charge is 0.311 e. The highest BCUT2D eigenvalue weighted by atomic mass is 16.5. The van der Waals surface area contributed by atoms with E-state index >= 15 is 0 Å². The number of ether oxygens (including phenoxy) is 2. The van der Waals surface area contributed by atoms with Crippen LogP contribution in [0.1, 0.15) is 58.5 Å². The van der Waals surface area contributed by atoms with Crippen molar-refractivity contribution in [1.29, 1.82) is 0 Å². The van der Waals surface area contributed by atoms with E-state index in [9.17, 15) is 19.2 Å². The molecule has 4 rings (SSSR count). The lowest BCUT2D eigenvalue weighted by Crippen LogP contribution is -2.35. The van der Waals surface area contributed by atoms with E-state index in [1.165, 1.54) is 0 Å². The third-order valence-electron chi connectivity index (χ3n) is 6.38. The molecule has 0 saturated carbocycles. The second-order valence-electron chi connectivity index (χ2n) is 8.44. The Balaban J connectivity index is 1.44. The number of likely N-dealkylation sites (tertiary alicyclic amines) is 1. The number of rotatable bonds is 9. The number of benzene rings is 2. The number of nitrogens with zero attached hydrogens (tertiary/aromatic N) is 2. The molecule has 1 fully saturated rings. The summed E-state index contributed by atoms with van der Waals surface area (Å²) < 4.78 is 10.7. The van der Waals surface area contributed by atoms with E-state index in [0.717, 1.165) is 23.3 Å². The zero-order valence-electron chi connectivity index (χ0n) is 19.4. The number of unbranched alkanes of at least 4 members (excludes halogenated alkanes) is 1. The van der Waals surface area contributed by atoms with E-state index in [4.69, 9.17) is 9.47 Å². The molecule has 2 atom stereocenters. The summed E-state index contributed by atoms with van der Waals surface area (Å²) >= 11 is 0. The maximum absolute atomic E-state index is 13.1. The average Bonchev–Trinajstić information content (AvgIpc) is 3.31. The molecule has 8 heteroatoms. The van der Waals surface area contributed by atoms with Crippen molar-refractivity contribution in [3.05, 3.63) is 65.2 Å². The molecule has 3 amide bonds. The summed E-state index contributed by atoms with van der Waals surface area (Å²) in [6, 6.07) is 13.5. The van der Waals surface area contributed by atoms with Gasteiger partial charge in [-0.25, -0.2) is 0 Å². The van der Waals surface area contributed by atoms with Gasteiger partial charge in [0.2, 0.25) is 5.91 Å². The predicted octanol–water partition coefficient (Wildman–Crippen LogP) is 3.22. The Morgan fingerprint density at radius 1 is 0.971 bits per heavy atom. The normalized spacial score (nSPS) is 19.5. The minimum Gasteiger partial charge on any atom is -0.497 e. The Morgan fingerprint density at radius 2 is 1.62 bits per heavy atom. The third kappa shape index (κ3) is 4.40. The standard InChI is InChI=1S/C26H28N2O6/c1-3-4-13-27-22(29)16-21(23(27)17-9-11-18(33-2)12-10-17)26(32)34-15-14-28-24(30)19-7-5-6-8-20(19)25(28)31/h5-12,21,23H,3-4,13-16H2,1-2H3/t21-,23+/m0/s1. The Bertz CT molecular complexity index is 1060. The molecule has 2 aromatic rings. The van der Waals surface area contributed by atoms with Crippen LogP contribution in [0.25, 0.3) is 0 Å². The van der Waals surface area contributed by atoms with E-state index in [-0.39, 0.29) is 25.5 Å². The zero-order valence-corrected chi connectivity index (χ0v) is 19.4. The first-order valence-corrected chi connectivity index (χ1v) is 11.5. The zero-order chi connectivity index (χ0) is 24.2. The topological polar surface area (TPSA) is 93.2 Å². The molecule has 0 spiro atoms. The van der Waals surface area contributed by atoms with Crippen LogP contribution in [-0.4, -0.2) is 60.3 Å². The molecule has 2 aliphatic rings. The fourth-order valence-corrected chi connectivity index (χ4v) is 4.59. The molecule has 0 N–H and O–H groups in total. The van der Waals surface area contributed by atoms with Crippen LogP contribution in [0, 0.1) is 5.92 Å². The molecular formula is C26H28N2O6. The monoisotopic (exact) mass is 464 g/mol. The maximum atomic E-state index is 13.1. The first-order chi connectivity index (χ1) is 16.5. The van der Waals surface area contributed by atoms with Crippen LogP contribution in [0.2, 0.25) is 0 Å². The van der Waals surface area contributed by atoms with Crippen LogP contribution < -0.4 is 4.74 Å². The first-order valence-electron chi connectivity index (χ1n) is 11.5. The summed E-state index contributed by atoms with van der Waals surface area (Å²) in [5.74, 6) is -1.36. The van der Waals surface area contributed by atoms with E-state index in [1.807, 2.05) is 19.1 Å². The van der Waals surface area contributed by atoms with Crippen molar-refractivity contribution >= 4 is 23.7 Å². The number of imide groups is 1. The van der Waals surface area contributed by atoms with Crippen LogP contribution >= 0.6 is 0 Å². The largest absolute Gasteiger partial charge is 0.497 e. The fraction of sp³-hybridized carbons (Fsp3) is 0.385. The van der Waals surface area contributed by atoms with Gasteiger partial charge in [-0.1, -0.05) is 37.6 Å². The van der Waals surface area contributed by atoms with Crippen molar-refractivity contribution < 1.29 is 28.7 Å². The molecule has 0 unspecified atom stereocenters. The number of carbonyl (C=O) groups excluding carboxylic acids is 4. The average molecular weight is 465 g/mol. The highest BCUT2D eigenvalue weighted by Gasteiger charge is 2.45. The molecule has 1 saturated heterocycles. The highest BCUT2D eigenvalue weighted by Crippen LogP contribution is 2.39. The molecule has 0 aliphatic carbocycles. The van der Waals surface area contributed by atoms with Crippen molar-refractivity contribution in [3.63, 3.8) is 0 Å². The Hall–Kier alpha value is -3.68. The molecule has 2 aliphatic heterocycles. The van der Waals surface area contributed by atoms with Crippen LogP contribution in [-0.2, 0) is 14.3 Å². The van der Waals surface area contributed by atoms with Gasteiger partial charge in [-0.2, -0.15) is 0 Å². The molecule has 2 aromatic carbocycles. The maximum Gasteiger partial charge on any atom is 0.311 e. The SMILES string of the molecule is CCCCN1C(=O)C[C@H](C(=O)OCCN2C(=O)c3ccccc3C2=O)[C@H]1c1ccc(OC)cc1. The van der Waals surface area contributed by atoms with E-state index in [2.05, 4.69) is 0 Å². The van der Waals surface area contributed by atoms with E-state index in [1.54, 1.807) is 48.4 Å². The first kappa shape index (κ1) is 23.5. The minimum absolute atomic E-state index is 0.0362. The van der Waals surface area contributed by atoms with Crippen molar-refractivity contribution in [2.75, 3.05) is 26.8 Å². The summed E-state index contributed by atoms with van der Waals surface area (Å²) in [5, 5.41) is 0. The number of esters is 1. The van der Waals surface area contributed by atoms with Gasteiger partial charge >= 0.3 is 5.97 Å². The van der Waals surface area contributed by atoms with Crippen LogP contribution in [0.15, 0.2) is 48.5 Å². The molecule has 0 aromatic heterocycles. The second kappa shape index (κ2) is 10.1. The highest BCUT2D eigenvalue weighted by molar-refractivity contribution is 6.21. The third-order valence-corrected chi connectivity index (χ3v) is 6.38. The van der Waals surface area contributed by atoms with Crippen molar-refractivity contribution in [3.8, 4) is 5.75 Å². The molecule has 0 radical (unpaired) electrons. The summed E-state index contributed by atoms with van der Waals surface area (Å²) in [4.78, 5) is 53.7. The number of fused-ring (bicyclic) bond motifs is 1. The molecule has 0 bridgehead atoms. The minimum atomic E-state index is -0.667. The van der Waals surface area contributed by atoms with Crippen molar-refractivity contribution in [2.24, 2.45) is 5.92 Å². The summed E-state index contributed by atoms with van der Waals surface area (Å²) in [6.45, 7) is 2.45. The predicted molar refractivity (Wildman–Crippen MR) is 123 cm³/mol. The van der Waals surface area contributed by atoms with E-state index < -0.39 is 29.7 Å².